The zero-order valence-corrected chi connectivity index (χ0v) is 10.6. The highest BCUT2D eigenvalue weighted by Gasteiger charge is 2.10. The van der Waals surface area contributed by atoms with Crippen molar-refractivity contribution in [1.29, 1.82) is 0 Å². The third-order valence-electron chi connectivity index (χ3n) is 2.72. The number of benzene rings is 1. The number of aryl methyl sites for hydroxylation is 1. The van der Waals surface area contributed by atoms with Gasteiger partial charge in [0.15, 0.2) is 5.89 Å². The van der Waals surface area contributed by atoms with Crippen molar-refractivity contribution < 1.29 is 19.1 Å². The van der Waals surface area contributed by atoms with Gasteiger partial charge in [0.05, 0.1) is 7.11 Å². The summed E-state index contributed by atoms with van der Waals surface area (Å²) in [6.45, 7) is 0. The number of nitrogens with zero attached hydrogens (tertiary/aromatic N) is 1. The zero-order chi connectivity index (χ0) is 13.7. The molecule has 0 aliphatic rings. The van der Waals surface area contributed by atoms with E-state index in [-0.39, 0.29) is 6.42 Å². The predicted molar refractivity (Wildman–Crippen MR) is 69.1 cm³/mol. The fourth-order valence-electron chi connectivity index (χ4n) is 1.80. The summed E-state index contributed by atoms with van der Waals surface area (Å²) < 4.78 is 10.6. The van der Waals surface area contributed by atoms with Crippen LogP contribution >= 0.6 is 0 Å². The molecule has 100 valence electrons. The highest BCUT2D eigenvalue weighted by Crippen LogP contribution is 2.28. The summed E-state index contributed by atoms with van der Waals surface area (Å²) in [6, 6.07) is 7.54. The van der Waals surface area contributed by atoms with E-state index >= 15 is 0 Å². The lowest BCUT2D eigenvalue weighted by atomic mass is 10.1. The van der Waals surface area contributed by atoms with E-state index in [1.165, 1.54) is 0 Å². The number of aromatic nitrogens is 1. The van der Waals surface area contributed by atoms with E-state index in [0.29, 0.717) is 24.4 Å². The van der Waals surface area contributed by atoms with Crippen LogP contribution in [0.5, 0.6) is 5.75 Å². The predicted octanol–water partition coefficient (Wildman–Crippen LogP) is 2.76. The number of para-hydroxylation sites is 1. The van der Waals surface area contributed by atoms with Crippen LogP contribution in [0.15, 0.2) is 34.9 Å². The van der Waals surface area contributed by atoms with Gasteiger partial charge in [-0.3, -0.25) is 4.79 Å². The minimum atomic E-state index is -0.809. The highest BCUT2D eigenvalue weighted by molar-refractivity contribution is 5.67. The maximum absolute atomic E-state index is 10.4. The van der Waals surface area contributed by atoms with Crippen LogP contribution in [0.3, 0.4) is 0 Å². The topological polar surface area (TPSA) is 72.6 Å². The van der Waals surface area contributed by atoms with Gasteiger partial charge in [0, 0.05) is 18.4 Å². The van der Waals surface area contributed by atoms with Gasteiger partial charge in [-0.05, 0) is 18.6 Å². The van der Waals surface area contributed by atoms with E-state index in [9.17, 15) is 4.79 Å². The molecule has 0 spiro atoms. The molecule has 5 nitrogen and oxygen atoms in total. The van der Waals surface area contributed by atoms with Gasteiger partial charge in [-0.15, -0.1) is 0 Å². The Bertz CT molecular complexity index is 562. The van der Waals surface area contributed by atoms with Gasteiger partial charge in [0.2, 0.25) is 0 Å². The molecule has 0 amide bonds. The van der Waals surface area contributed by atoms with Crippen molar-refractivity contribution in [2.24, 2.45) is 0 Å². The second-order valence-electron chi connectivity index (χ2n) is 4.07. The lowest BCUT2D eigenvalue weighted by Crippen LogP contribution is -1.96. The standard InChI is InChI=1S/C14H15NO4/c1-18-12-6-3-2-5-10(12)11-9-19-13(15-11)7-4-8-14(16)17/h2-3,5-6,9H,4,7-8H2,1H3,(H,16,17). The number of carbonyl (C=O) groups is 1. The summed E-state index contributed by atoms with van der Waals surface area (Å²) in [5.74, 6) is 0.464. The second-order valence-corrected chi connectivity index (χ2v) is 4.07. The smallest absolute Gasteiger partial charge is 0.303 e. The van der Waals surface area contributed by atoms with Gasteiger partial charge >= 0.3 is 5.97 Å². The van der Waals surface area contributed by atoms with Gasteiger partial charge in [0.1, 0.15) is 17.7 Å². The van der Waals surface area contributed by atoms with E-state index in [0.717, 1.165) is 11.3 Å². The largest absolute Gasteiger partial charge is 0.496 e. The van der Waals surface area contributed by atoms with Crippen molar-refractivity contribution in [1.82, 2.24) is 4.98 Å². The fraction of sp³-hybridized carbons (Fsp3) is 0.286. The Labute approximate surface area is 110 Å². The molecule has 1 aromatic carbocycles. The first-order valence-corrected chi connectivity index (χ1v) is 6.00. The molecule has 0 radical (unpaired) electrons. The minimum Gasteiger partial charge on any atom is -0.496 e. The highest BCUT2D eigenvalue weighted by atomic mass is 16.5. The van der Waals surface area contributed by atoms with Crippen molar-refractivity contribution >= 4 is 5.97 Å². The third-order valence-corrected chi connectivity index (χ3v) is 2.72. The fourth-order valence-corrected chi connectivity index (χ4v) is 1.80. The van der Waals surface area contributed by atoms with Crippen LogP contribution in [-0.4, -0.2) is 23.2 Å². The first-order valence-electron chi connectivity index (χ1n) is 6.00. The average Bonchev–Trinajstić information content (AvgIpc) is 2.87. The van der Waals surface area contributed by atoms with Crippen LogP contribution in [0, 0.1) is 0 Å². The van der Waals surface area contributed by atoms with E-state index < -0.39 is 5.97 Å². The van der Waals surface area contributed by atoms with Crippen molar-refractivity contribution in [3.05, 3.63) is 36.4 Å². The molecular weight excluding hydrogens is 246 g/mol. The molecule has 0 aliphatic carbocycles. The molecule has 1 heterocycles. The molecule has 1 N–H and O–H groups in total. The summed E-state index contributed by atoms with van der Waals surface area (Å²) in [4.78, 5) is 14.8. The average molecular weight is 261 g/mol. The maximum Gasteiger partial charge on any atom is 0.303 e. The molecule has 0 saturated carbocycles. The Morgan fingerprint density at radius 3 is 2.95 bits per heavy atom. The Kier molecular flexibility index (Phi) is 4.18. The Balaban J connectivity index is 2.10. The molecule has 1 aromatic heterocycles. The normalized spacial score (nSPS) is 10.4. The van der Waals surface area contributed by atoms with Crippen molar-refractivity contribution in [3.8, 4) is 17.0 Å². The van der Waals surface area contributed by atoms with Gasteiger partial charge in [-0.1, -0.05) is 12.1 Å². The zero-order valence-electron chi connectivity index (χ0n) is 10.6. The van der Waals surface area contributed by atoms with Crippen LogP contribution < -0.4 is 4.74 Å². The number of aliphatic carboxylic acids is 1. The Morgan fingerprint density at radius 2 is 2.21 bits per heavy atom. The van der Waals surface area contributed by atoms with Gasteiger partial charge in [0.25, 0.3) is 0 Å². The number of oxazole rings is 1. The van der Waals surface area contributed by atoms with Gasteiger partial charge in [-0.2, -0.15) is 0 Å². The van der Waals surface area contributed by atoms with Gasteiger partial charge < -0.3 is 14.3 Å². The molecule has 0 atom stereocenters. The van der Waals surface area contributed by atoms with Crippen molar-refractivity contribution in [3.63, 3.8) is 0 Å². The summed E-state index contributed by atoms with van der Waals surface area (Å²) in [6.07, 6.45) is 2.71. The van der Waals surface area contributed by atoms with Crippen molar-refractivity contribution in [2.75, 3.05) is 7.11 Å². The summed E-state index contributed by atoms with van der Waals surface area (Å²) >= 11 is 0. The van der Waals surface area contributed by atoms with E-state index in [2.05, 4.69) is 4.98 Å². The monoisotopic (exact) mass is 261 g/mol. The molecule has 0 saturated heterocycles. The number of carboxylic acids is 1. The molecule has 0 fully saturated rings. The lowest BCUT2D eigenvalue weighted by molar-refractivity contribution is -0.137. The number of rotatable bonds is 6. The van der Waals surface area contributed by atoms with Crippen LogP contribution in [0.4, 0.5) is 0 Å². The number of hydrogen-bond donors (Lipinski definition) is 1. The number of methoxy groups -OCH3 is 1. The van der Waals surface area contributed by atoms with Crippen LogP contribution in [0.2, 0.25) is 0 Å². The molecule has 19 heavy (non-hydrogen) atoms. The molecule has 2 aromatic rings. The first kappa shape index (κ1) is 13.1. The molecular formula is C14H15NO4. The van der Waals surface area contributed by atoms with Gasteiger partial charge in [-0.25, -0.2) is 4.98 Å². The summed E-state index contributed by atoms with van der Waals surface area (Å²) in [5, 5.41) is 8.58. The lowest BCUT2D eigenvalue weighted by Gasteiger charge is -2.04. The van der Waals surface area contributed by atoms with E-state index in [4.69, 9.17) is 14.3 Å². The third kappa shape index (κ3) is 3.34. The molecule has 2 rings (SSSR count). The van der Waals surface area contributed by atoms with E-state index in [1.54, 1.807) is 13.4 Å². The SMILES string of the molecule is COc1ccccc1-c1coc(CCCC(=O)O)n1. The first-order chi connectivity index (χ1) is 9.20. The van der Waals surface area contributed by atoms with E-state index in [1.807, 2.05) is 24.3 Å². The Morgan fingerprint density at radius 1 is 1.42 bits per heavy atom. The molecule has 0 unspecified atom stereocenters. The molecule has 0 aliphatic heterocycles. The minimum absolute atomic E-state index is 0.117. The molecule has 5 heteroatoms. The Hall–Kier alpha value is -2.30. The second kappa shape index (κ2) is 6.04. The summed E-state index contributed by atoms with van der Waals surface area (Å²) in [7, 11) is 1.60. The summed E-state index contributed by atoms with van der Waals surface area (Å²) in [5.41, 5.74) is 1.56. The maximum atomic E-state index is 10.4. The van der Waals surface area contributed by atoms with Crippen LogP contribution in [0.25, 0.3) is 11.3 Å². The molecule has 0 bridgehead atoms. The van der Waals surface area contributed by atoms with Crippen LogP contribution in [-0.2, 0) is 11.2 Å². The number of carboxylic acid groups (broad SMARTS) is 1. The number of hydrogen-bond acceptors (Lipinski definition) is 4. The van der Waals surface area contributed by atoms with Crippen molar-refractivity contribution in [2.45, 2.75) is 19.3 Å². The quantitative estimate of drug-likeness (QED) is 0.865. The van der Waals surface area contributed by atoms with Crippen LogP contribution in [0.1, 0.15) is 18.7 Å². The number of ether oxygens (including phenoxy) is 1.